The van der Waals surface area contributed by atoms with E-state index < -0.39 is 23.7 Å². The minimum Gasteiger partial charge on any atom is -0.468 e. The van der Waals surface area contributed by atoms with Gasteiger partial charge in [0.1, 0.15) is 6.54 Å². The van der Waals surface area contributed by atoms with E-state index in [1.54, 1.807) is 18.2 Å². The third-order valence-electron chi connectivity index (χ3n) is 2.66. The van der Waals surface area contributed by atoms with E-state index in [2.05, 4.69) is 4.74 Å². The molecule has 1 heterocycles. The smallest absolute Gasteiger partial charge is 0.325 e. The summed E-state index contributed by atoms with van der Waals surface area (Å²) in [5.74, 6) is -1.23. The number of benzene rings is 1. The van der Waals surface area contributed by atoms with Crippen LogP contribution in [0, 0.1) is 0 Å². The van der Waals surface area contributed by atoms with E-state index in [0.29, 0.717) is 15.6 Å². The Hall–Kier alpha value is -1.50. The molecule has 0 saturated carbocycles. The molecule has 0 radical (unpaired) electrons. The lowest BCUT2D eigenvalue weighted by atomic mass is 10.2. The van der Waals surface area contributed by atoms with Gasteiger partial charge < -0.3 is 4.74 Å². The number of esters is 1. The predicted octanol–water partition coefficient (Wildman–Crippen LogP) is 3.20. The second-order valence-corrected chi connectivity index (χ2v) is 5.77. The maximum atomic E-state index is 12.1. The SMILES string of the molecule is COC(=O)CN1C(=O)S/C(=C/c2cccc(Cl)c2Cl)C1=O. The van der Waals surface area contributed by atoms with E-state index in [-0.39, 0.29) is 4.91 Å². The number of amides is 2. The Bertz CT molecular complexity index is 660. The first kappa shape index (κ1) is 15.9. The second kappa shape index (κ2) is 6.51. The van der Waals surface area contributed by atoms with E-state index in [1.807, 2.05) is 0 Å². The summed E-state index contributed by atoms with van der Waals surface area (Å²) in [4.78, 5) is 36.0. The zero-order valence-electron chi connectivity index (χ0n) is 10.8. The number of carbonyl (C=O) groups excluding carboxylic acids is 3. The Morgan fingerprint density at radius 2 is 2.10 bits per heavy atom. The quantitative estimate of drug-likeness (QED) is 0.621. The number of methoxy groups -OCH3 is 1. The summed E-state index contributed by atoms with van der Waals surface area (Å²) in [5, 5.41) is 0.105. The number of ether oxygens (including phenoxy) is 1. The maximum Gasteiger partial charge on any atom is 0.325 e. The maximum absolute atomic E-state index is 12.1. The van der Waals surface area contributed by atoms with Crippen molar-refractivity contribution >= 4 is 58.2 Å². The van der Waals surface area contributed by atoms with Gasteiger partial charge in [-0.15, -0.1) is 0 Å². The fraction of sp³-hybridized carbons (Fsp3) is 0.154. The van der Waals surface area contributed by atoms with Gasteiger partial charge in [0, 0.05) is 0 Å². The average molecular weight is 346 g/mol. The lowest BCUT2D eigenvalue weighted by Crippen LogP contribution is -2.34. The molecule has 0 spiro atoms. The van der Waals surface area contributed by atoms with Gasteiger partial charge in [0.25, 0.3) is 11.1 Å². The summed E-state index contributed by atoms with van der Waals surface area (Å²) in [6, 6.07) is 4.96. The number of carbonyl (C=O) groups is 3. The van der Waals surface area contributed by atoms with Crippen molar-refractivity contribution in [2.75, 3.05) is 13.7 Å². The van der Waals surface area contributed by atoms with Crippen molar-refractivity contribution in [1.29, 1.82) is 0 Å². The average Bonchev–Trinajstić information content (AvgIpc) is 2.71. The van der Waals surface area contributed by atoms with Gasteiger partial charge in [0.15, 0.2) is 0 Å². The summed E-state index contributed by atoms with van der Waals surface area (Å²) in [5.41, 5.74) is 0.521. The van der Waals surface area contributed by atoms with E-state index in [4.69, 9.17) is 23.2 Å². The minimum atomic E-state index is -0.667. The topological polar surface area (TPSA) is 63.7 Å². The Kier molecular flexibility index (Phi) is 4.92. The summed E-state index contributed by atoms with van der Waals surface area (Å²) in [6.07, 6.45) is 1.47. The van der Waals surface area contributed by atoms with Crippen LogP contribution < -0.4 is 0 Å². The van der Waals surface area contributed by atoms with Crippen LogP contribution >= 0.6 is 35.0 Å². The Labute approximate surface area is 134 Å². The van der Waals surface area contributed by atoms with Crippen molar-refractivity contribution in [3.63, 3.8) is 0 Å². The van der Waals surface area contributed by atoms with Crippen molar-refractivity contribution < 1.29 is 19.1 Å². The highest BCUT2D eigenvalue weighted by Crippen LogP contribution is 2.34. The number of imide groups is 1. The van der Waals surface area contributed by atoms with E-state index >= 15 is 0 Å². The Morgan fingerprint density at radius 1 is 1.38 bits per heavy atom. The standard InChI is InChI=1S/C13H9Cl2NO4S/c1-20-10(17)6-16-12(18)9(21-13(16)19)5-7-3-2-4-8(14)11(7)15/h2-5H,6H2,1H3/b9-5+. The molecule has 0 aliphatic carbocycles. The van der Waals surface area contributed by atoms with Crippen LogP contribution in [0.2, 0.25) is 10.0 Å². The number of halogens is 2. The molecule has 0 N–H and O–H groups in total. The molecule has 21 heavy (non-hydrogen) atoms. The first-order valence-electron chi connectivity index (χ1n) is 5.70. The summed E-state index contributed by atoms with van der Waals surface area (Å²) >= 11 is 12.7. The predicted molar refractivity (Wildman–Crippen MR) is 81.2 cm³/mol. The zero-order chi connectivity index (χ0) is 15.6. The van der Waals surface area contributed by atoms with Crippen LogP contribution in [0.3, 0.4) is 0 Å². The Morgan fingerprint density at radius 3 is 2.76 bits per heavy atom. The van der Waals surface area contributed by atoms with Gasteiger partial charge in [0.05, 0.1) is 22.1 Å². The van der Waals surface area contributed by atoms with Crippen LogP contribution in [0.1, 0.15) is 5.56 Å². The summed E-state index contributed by atoms with van der Waals surface area (Å²) < 4.78 is 4.44. The lowest BCUT2D eigenvalue weighted by Gasteiger charge is -2.09. The second-order valence-electron chi connectivity index (χ2n) is 3.99. The molecule has 1 saturated heterocycles. The molecule has 2 rings (SSSR count). The van der Waals surface area contributed by atoms with Crippen LogP contribution in [0.25, 0.3) is 6.08 Å². The fourth-order valence-electron chi connectivity index (χ4n) is 1.60. The van der Waals surface area contributed by atoms with E-state index in [1.165, 1.54) is 13.2 Å². The monoisotopic (exact) mass is 345 g/mol. The summed E-state index contributed by atoms with van der Waals surface area (Å²) in [6.45, 7) is -0.415. The first-order chi connectivity index (χ1) is 9.93. The molecule has 1 aromatic rings. The van der Waals surface area contributed by atoms with Crippen LogP contribution in [-0.4, -0.2) is 35.7 Å². The number of hydrogen-bond donors (Lipinski definition) is 0. The normalized spacial score (nSPS) is 16.7. The largest absolute Gasteiger partial charge is 0.468 e. The van der Waals surface area contributed by atoms with Gasteiger partial charge in [-0.2, -0.15) is 0 Å². The van der Waals surface area contributed by atoms with Gasteiger partial charge in [0.2, 0.25) is 0 Å². The molecule has 1 aliphatic heterocycles. The van der Waals surface area contributed by atoms with Crippen molar-refractivity contribution in [1.82, 2.24) is 4.90 Å². The summed E-state index contributed by atoms with van der Waals surface area (Å²) in [7, 11) is 1.18. The molecule has 1 fully saturated rings. The van der Waals surface area contributed by atoms with Crippen molar-refractivity contribution in [3.8, 4) is 0 Å². The Balaban J connectivity index is 2.28. The van der Waals surface area contributed by atoms with Crippen LogP contribution in [0.4, 0.5) is 4.79 Å². The number of thioether (sulfide) groups is 1. The van der Waals surface area contributed by atoms with Gasteiger partial charge in [-0.05, 0) is 29.5 Å². The van der Waals surface area contributed by atoms with Crippen molar-refractivity contribution in [2.24, 2.45) is 0 Å². The van der Waals surface area contributed by atoms with Gasteiger partial charge >= 0.3 is 5.97 Å². The van der Waals surface area contributed by atoms with E-state index in [0.717, 1.165) is 16.7 Å². The first-order valence-corrected chi connectivity index (χ1v) is 7.27. The van der Waals surface area contributed by atoms with Gasteiger partial charge in [-0.3, -0.25) is 19.3 Å². The molecular formula is C13H9Cl2NO4S. The number of rotatable bonds is 3. The van der Waals surface area contributed by atoms with Crippen molar-refractivity contribution in [3.05, 3.63) is 38.7 Å². The molecule has 110 valence electrons. The van der Waals surface area contributed by atoms with Gasteiger partial charge in [-0.1, -0.05) is 35.3 Å². The minimum absolute atomic E-state index is 0.174. The van der Waals surface area contributed by atoms with E-state index in [9.17, 15) is 14.4 Å². The number of hydrogen-bond acceptors (Lipinski definition) is 5. The highest BCUT2D eigenvalue weighted by Gasteiger charge is 2.36. The highest BCUT2D eigenvalue weighted by molar-refractivity contribution is 8.18. The molecule has 5 nitrogen and oxygen atoms in total. The highest BCUT2D eigenvalue weighted by atomic mass is 35.5. The molecule has 1 aromatic carbocycles. The van der Waals surface area contributed by atoms with Crippen LogP contribution in [0.15, 0.2) is 23.1 Å². The van der Waals surface area contributed by atoms with Crippen LogP contribution in [-0.2, 0) is 14.3 Å². The lowest BCUT2D eigenvalue weighted by molar-refractivity contribution is -0.143. The molecular weight excluding hydrogens is 337 g/mol. The molecule has 0 aromatic heterocycles. The fourth-order valence-corrected chi connectivity index (χ4v) is 2.79. The molecule has 8 heteroatoms. The third-order valence-corrected chi connectivity index (χ3v) is 4.40. The van der Waals surface area contributed by atoms with Crippen molar-refractivity contribution in [2.45, 2.75) is 0 Å². The molecule has 1 aliphatic rings. The van der Waals surface area contributed by atoms with Gasteiger partial charge in [-0.25, -0.2) is 0 Å². The molecule has 2 amide bonds. The third kappa shape index (κ3) is 3.40. The zero-order valence-corrected chi connectivity index (χ0v) is 13.1. The molecule has 0 unspecified atom stereocenters. The molecule has 0 atom stereocenters. The number of nitrogens with zero attached hydrogens (tertiary/aromatic N) is 1. The molecule has 0 bridgehead atoms. The van der Waals surface area contributed by atoms with Crippen LogP contribution in [0.5, 0.6) is 0 Å².